The van der Waals surface area contributed by atoms with Gasteiger partial charge in [-0.25, -0.2) is 0 Å². The SMILES string of the molecule is CC(C)C1CCC(C(O)CC#N)CC1. The van der Waals surface area contributed by atoms with Gasteiger partial charge in [-0.1, -0.05) is 13.8 Å². The maximum Gasteiger partial charge on any atom is 0.0698 e. The number of nitriles is 1. The van der Waals surface area contributed by atoms with Crippen molar-refractivity contribution in [3.05, 3.63) is 0 Å². The first-order chi connectivity index (χ1) is 6.65. The highest BCUT2D eigenvalue weighted by Gasteiger charge is 2.27. The lowest BCUT2D eigenvalue weighted by molar-refractivity contribution is 0.0706. The minimum Gasteiger partial charge on any atom is -0.392 e. The second-order valence-corrected chi connectivity index (χ2v) is 4.85. The molecule has 1 aliphatic carbocycles. The number of rotatable bonds is 3. The van der Waals surface area contributed by atoms with Crippen molar-refractivity contribution < 1.29 is 5.11 Å². The summed E-state index contributed by atoms with van der Waals surface area (Å²) in [7, 11) is 0. The lowest BCUT2D eigenvalue weighted by Gasteiger charge is -2.32. The summed E-state index contributed by atoms with van der Waals surface area (Å²) < 4.78 is 0. The van der Waals surface area contributed by atoms with Crippen molar-refractivity contribution in [2.75, 3.05) is 0 Å². The predicted molar refractivity (Wildman–Crippen MR) is 56.5 cm³/mol. The molecule has 0 aromatic heterocycles. The van der Waals surface area contributed by atoms with E-state index in [0.29, 0.717) is 12.3 Å². The number of aliphatic hydroxyl groups is 1. The zero-order valence-corrected chi connectivity index (χ0v) is 9.24. The molecule has 1 unspecified atom stereocenters. The summed E-state index contributed by atoms with van der Waals surface area (Å²) in [6.07, 6.45) is 4.58. The molecule has 1 N–H and O–H groups in total. The van der Waals surface area contributed by atoms with E-state index in [0.717, 1.165) is 24.7 Å². The smallest absolute Gasteiger partial charge is 0.0698 e. The predicted octanol–water partition coefficient (Wildman–Crippen LogP) is 2.72. The van der Waals surface area contributed by atoms with Gasteiger partial charge in [0.05, 0.1) is 18.6 Å². The Hall–Kier alpha value is -0.550. The number of hydrogen-bond donors (Lipinski definition) is 1. The molecule has 0 aromatic carbocycles. The van der Waals surface area contributed by atoms with Crippen LogP contribution >= 0.6 is 0 Å². The largest absolute Gasteiger partial charge is 0.392 e. The van der Waals surface area contributed by atoms with Crippen LogP contribution in [-0.4, -0.2) is 11.2 Å². The van der Waals surface area contributed by atoms with Crippen LogP contribution in [0.15, 0.2) is 0 Å². The number of aliphatic hydroxyl groups excluding tert-OH is 1. The fourth-order valence-electron chi connectivity index (χ4n) is 2.46. The molecule has 0 bridgehead atoms. The van der Waals surface area contributed by atoms with Gasteiger partial charge in [-0.3, -0.25) is 0 Å². The molecule has 80 valence electrons. The van der Waals surface area contributed by atoms with Gasteiger partial charge in [0.25, 0.3) is 0 Å². The van der Waals surface area contributed by atoms with Crippen LogP contribution in [0, 0.1) is 29.1 Å². The third-order valence-electron chi connectivity index (χ3n) is 3.60. The molecule has 1 atom stereocenters. The first kappa shape index (κ1) is 11.5. The Bertz CT molecular complexity index is 199. The Morgan fingerprint density at radius 1 is 1.21 bits per heavy atom. The maximum atomic E-state index is 9.68. The Kier molecular flexibility index (Phi) is 4.41. The van der Waals surface area contributed by atoms with Crippen LogP contribution in [0.5, 0.6) is 0 Å². The Morgan fingerprint density at radius 3 is 2.14 bits per heavy atom. The van der Waals surface area contributed by atoms with Crippen LogP contribution in [-0.2, 0) is 0 Å². The monoisotopic (exact) mass is 195 g/mol. The topological polar surface area (TPSA) is 44.0 Å². The van der Waals surface area contributed by atoms with E-state index in [4.69, 9.17) is 5.26 Å². The highest BCUT2D eigenvalue weighted by atomic mass is 16.3. The highest BCUT2D eigenvalue weighted by molar-refractivity contribution is 4.84. The van der Waals surface area contributed by atoms with Gasteiger partial charge >= 0.3 is 0 Å². The Labute approximate surface area is 86.9 Å². The van der Waals surface area contributed by atoms with Crippen molar-refractivity contribution in [2.45, 2.75) is 52.1 Å². The molecule has 0 aliphatic heterocycles. The van der Waals surface area contributed by atoms with Crippen molar-refractivity contribution in [1.29, 1.82) is 5.26 Å². The van der Waals surface area contributed by atoms with Crippen LogP contribution in [0.3, 0.4) is 0 Å². The van der Waals surface area contributed by atoms with Crippen molar-refractivity contribution in [3.63, 3.8) is 0 Å². The zero-order valence-electron chi connectivity index (χ0n) is 9.24. The second-order valence-electron chi connectivity index (χ2n) is 4.85. The summed E-state index contributed by atoms with van der Waals surface area (Å²) in [5, 5.41) is 18.2. The van der Waals surface area contributed by atoms with Crippen molar-refractivity contribution in [2.24, 2.45) is 17.8 Å². The third-order valence-corrected chi connectivity index (χ3v) is 3.60. The summed E-state index contributed by atoms with van der Waals surface area (Å²) in [6.45, 7) is 4.55. The molecule has 0 radical (unpaired) electrons. The lowest BCUT2D eigenvalue weighted by Crippen LogP contribution is -2.27. The molecule has 1 fully saturated rings. The molecule has 0 saturated heterocycles. The van der Waals surface area contributed by atoms with E-state index < -0.39 is 0 Å². The molecule has 1 saturated carbocycles. The minimum atomic E-state index is -0.381. The molecule has 1 aliphatic rings. The molecular weight excluding hydrogens is 174 g/mol. The van der Waals surface area contributed by atoms with E-state index in [1.807, 2.05) is 6.07 Å². The average molecular weight is 195 g/mol. The molecule has 2 heteroatoms. The summed E-state index contributed by atoms with van der Waals surface area (Å²) in [5.41, 5.74) is 0. The fraction of sp³-hybridized carbons (Fsp3) is 0.917. The van der Waals surface area contributed by atoms with E-state index >= 15 is 0 Å². The van der Waals surface area contributed by atoms with Crippen LogP contribution in [0.4, 0.5) is 0 Å². The van der Waals surface area contributed by atoms with E-state index in [9.17, 15) is 5.11 Å². The molecule has 0 amide bonds. The van der Waals surface area contributed by atoms with Crippen LogP contribution in [0.1, 0.15) is 46.0 Å². The van der Waals surface area contributed by atoms with E-state index in [2.05, 4.69) is 13.8 Å². The minimum absolute atomic E-state index is 0.303. The summed E-state index contributed by atoms with van der Waals surface area (Å²) >= 11 is 0. The molecule has 0 aromatic rings. The molecule has 0 spiro atoms. The van der Waals surface area contributed by atoms with Gasteiger partial charge in [-0.2, -0.15) is 5.26 Å². The van der Waals surface area contributed by atoms with Gasteiger partial charge in [0.15, 0.2) is 0 Å². The average Bonchev–Trinajstić information content (AvgIpc) is 2.18. The van der Waals surface area contributed by atoms with Gasteiger partial charge in [0.1, 0.15) is 0 Å². The third kappa shape index (κ3) is 2.99. The van der Waals surface area contributed by atoms with Gasteiger partial charge in [-0.15, -0.1) is 0 Å². The van der Waals surface area contributed by atoms with Crippen LogP contribution < -0.4 is 0 Å². The standard InChI is InChI=1S/C12H21NO/c1-9(2)10-3-5-11(6-4-10)12(14)7-8-13/h9-12,14H,3-7H2,1-2H3. The first-order valence-electron chi connectivity index (χ1n) is 5.70. The van der Waals surface area contributed by atoms with Crippen molar-refractivity contribution in [3.8, 4) is 6.07 Å². The fourth-order valence-corrected chi connectivity index (χ4v) is 2.46. The molecular formula is C12H21NO. The van der Waals surface area contributed by atoms with Gasteiger partial charge in [0, 0.05) is 0 Å². The van der Waals surface area contributed by atoms with Crippen LogP contribution in [0.25, 0.3) is 0 Å². The van der Waals surface area contributed by atoms with E-state index in [1.165, 1.54) is 12.8 Å². The van der Waals surface area contributed by atoms with E-state index in [-0.39, 0.29) is 6.10 Å². The van der Waals surface area contributed by atoms with Gasteiger partial charge in [-0.05, 0) is 43.4 Å². The van der Waals surface area contributed by atoms with Crippen LogP contribution in [0.2, 0.25) is 0 Å². The Morgan fingerprint density at radius 2 is 1.71 bits per heavy atom. The summed E-state index contributed by atoms with van der Waals surface area (Å²) in [4.78, 5) is 0. The normalized spacial score (nSPS) is 29.9. The first-order valence-corrected chi connectivity index (χ1v) is 5.70. The molecule has 0 heterocycles. The number of nitrogens with zero attached hydrogens (tertiary/aromatic N) is 1. The van der Waals surface area contributed by atoms with Crippen molar-refractivity contribution >= 4 is 0 Å². The zero-order chi connectivity index (χ0) is 10.6. The lowest BCUT2D eigenvalue weighted by atomic mass is 9.75. The maximum absolute atomic E-state index is 9.68. The summed E-state index contributed by atoms with van der Waals surface area (Å²) in [5.74, 6) is 1.98. The van der Waals surface area contributed by atoms with Gasteiger partial charge in [0.2, 0.25) is 0 Å². The number of hydrogen-bond acceptors (Lipinski definition) is 2. The summed E-state index contributed by atoms with van der Waals surface area (Å²) in [6, 6.07) is 2.05. The molecule has 1 rings (SSSR count). The highest BCUT2D eigenvalue weighted by Crippen LogP contribution is 2.35. The second kappa shape index (κ2) is 5.36. The quantitative estimate of drug-likeness (QED) is 0.752. The van der Waals surface area contributed by atoms with Gasteiger partial charge < -0.3 is 5.11 Å². The Balaban J connectivity index is 2.32. The van der Waals surface area contributed by atoms with E-state index in [1.54, 1.807) is 0 Å². The molecule has 14 heavy (non-hydrogen) atoms. The van der Waals surface area contributed by atoms with Crippen molar-refractivity contribution in [1.82, 2.24) is 0 Å². The molecule has 2 nitrogen and oxygen atoms in total.